The van der Waals surface area contributed by atoms with Crippen LogP contribution in [0.5, 0.6) is 5.75 Å². The molecule has 0 aliphatic carbocycles. The monoisotopic (exact) mass is 323 g/mol. The third-order valence-corrected chi connectivity index (χ3v) is 6.06. The van der Waals surface area contributed by atoms with Crippen molar-refractivity contribution in [3.63, 3.8) is 0 Å². The molecule has 0 amide bonds. The van der Waals surface area contributed by atoms with Gasteiger partial charge < -0.3 is 14.1 Å². The van der Waals surface area contributed by atoms with E-state index in [1.54, 1.807) is 7.11 Å². The minimum absolute atomic E-state index is 0.183. The maximum absolute atomic E-state index is 5.51. The summed E-state index contributed by atoms with van der Waals surface area (Å²) in [5, 5.41) is 0. The van der Waals surface area contributed by atoms with Gasteiger partial charge in [0.25, 0.3) is 0 Å². The normalized spacial score (nSPS) is 27.0. The molecule has 2 aromatic rings. The average molecular weight is 323 g/mol. The molecule has 1 fully saturated rings. The molecule has 0 aromatic heterocycles. The number of quaternary nitrogens is 1. The number of rotatable bonds is 3. The maximum Gasteiger partial charge on any atom is 0.174 e. The lowest BCUT2D eigenvalue weighted by molar-refractivity contribution is -0.903. The van der Waals surface area contributed by atoms with Gasteiger partial charge in [0.2, 0.25) is 0 Å². The van der Waals surface area contributed by atoms with E-state index in [2.05, 4.69) is 74.4 Å². The molecule has 3 nitrogen and oxygen atoms in total. The van der Waals surface area contributed by atoms with Crippen molar-refractivity contribution in [2.45, 2.75) is 31.5 Å². The highest BCUT2D eigenvalue weighted by molar-refractivity contribution is 5.66. The molecule has 2 atom stereocenters. The van der Waals surface area contributed by atoms with Crippen molar-refractivity contribution in [1.29, 1.82) is 0 Å². The van der Waals surface area contributed by atoms with Gasteiger partial charge in [-0.15, -0.1) is 0 Å². The molecule has 2 aliphatic heterocycles. The number of hydrogen-bond donors (Lipinski definition) is 0. The highest BCUT2D eigenvalue weighted by atomic mass is 16.5. The van der Waals surface area contributed by atoms with Crippen LogP contribution in [0.1, 0.15) is 24.5 Å². The van der Waals surface area contributed by atoms with Gasteiger partial charge in [-0.25, -0.2) is 0 Å². The van der Waals surface area contributed by atoms with Crippen LogP contribution in [0.3, 0.4) is 0 Å². The van der Waals surface area contributed by atoms with Gasteiger partial charge in [-0.2, -0.15) is 0 Å². The van der Waals surface area contributed by atoms with Crippen LogP contribution in [-0.4, -0.2) is 38.4 Å². The number of ether oxygens (including phenoxy) is 1. The molecule has 1 unspecified atom stereocenters. The highest BCUT2D eigenvalue weighted by Crippen LogP contribution is 2.54. The summed E-state index contributed by atoms with van der Waals surface area (Å²) in [6, 6.07) is 17.4. The minimum Gasteiger partial charge on any atom is -0.497 e. The van der Waals surface area contributed by atoms with Crippen LogP contribution in [0.2, 0.25) is 0 Å². The van der Waals surface area contributed by atoms with Crippen LogP contribution in [0.4, 0.5) is 5.69 Å². The molecule has 0 bridgehead atoms. The van der Waals surface area contributed by atoms with Gasteiger partial charge in [-0.1, -0.05) is 30.3 Å². The zero-order chi connectivity index (χ0) is 16.9. The Morgan fingerprint density at radius 1 is 1.17 bits per heavy atom. The fraction of sp³-hybridized carbons (Fsp3) is 0.429. The van der Waals surface area contributed by atoms with E-state index in [0.717, 1.165) is 16.8 Å². The van der Waals surface area contributed by atoms with Gasteiger partial charge in [0.1, 0.15) is 5.75 Å². The summed E-state index contributed by atoms with van der Waals surface area (Å²) in [4.78, 5) is 2.62. The topological polar surface area (TPSA) is 12.5 Å². The Morgan fingerprint density at radius 2 is 1.92 bits per heavy atom. The van der Waals surface area contributed by atoms with Gasteiger partial charge in [-0.3, -0.25) is 0 Å². The molecule has 0 saturated carbocycles. The maximum atomic E-state index is 5.51. The zero-order valence-corrected chi connectivity index (χ0v) is 15.1. The van der Waals surface area contributed by atoms with Crippen LogP contribution < -0.4 is 9.64 Å². The van der Waals surface area contributed by atoms with E-state index in [1.165, 1.54) is 29.8 Å². The molecule has 2 heterocycles. The summed E-state index contributed by atoms with van der Waals surface area (Å²) < 4.78 is 6.56. The Bertz CT molecular complexity index is 756. The van der Waals surface area contributed by atoms with Gasteiger partial charge in [-0.05, 0) is 36.2 Å². The average Bonchev–Trinajstić information content (AvgIpc) is 2.98. The largest absolute Gasteiger partial charge is 0.497 e. The molecular weight excluding hydrogens is 296 g/mol. The Hall–Kier alpha value is -2.00. The standard InChI is InChI=1S/C21H27N2O/c1-21-12-13-23(2,3)20(21)22(15-16-8-6-5-7-9-16)19-11-10-17(24-4)14-18(19)21/h5-11,14,20H,12-13,15H2,1-4H3/q+1/t20?,21-/m1/s1. The van der Waals surface area contributed by atoms with Gasteiger partial charge in [0, 0.05) is 18.7 Å². The van der Waals surface area contributed by atoms with E-state index < -0.39 is 0 Å². The number of likely N-dealkylation sites (N-methyl/N-ethyl adjacent to an activating group) is 1. The van der Waals surface area contributed by atoms with Gasteiger partial charge in [0.15, 0.2) is 6.17 Å². The van der Waals surface area contributed by atoms with Crippen LogP contribution in [0.15, 0.2) is 48.5 Å². The smallest absolute Gasteiger partial charge is 0.174 e. The second-order valence-electron chi connectivity index (χ2n) is 8.04. The Morgan fingerprint density at radius 3 is 2.62 bits per heavy atom. The van der Waals surface area contributed by atoms with Crippen LogP contribution in [0, 0.1) is 0 Å². The molecule has 2 aliphatic rings. The molecule has 126 valence electrons. The number of nitrogens with zero attached hydrogens (tertiary/aromatic N) is 2. The predicted molar refractivity (Wildman–Crippen MR) is 98.4 cm³/mol. The van der Waals surface area contributed by atoms with Crippen LogP contribution >= 0.6 is 0 Å². The van der Waals surface area contributed by atoms with Crippen molar-refractivity contribution in [3.05, 3.63) is 59.7 Å². The molecule has 24 heavy (non-hydrogen) atoms. The minimum atomic E-state index is 0.183. The summed E-state index contributed by atoms with van der Waals surface area (Å²) in [5.74, 6) is 0.965. The first-order valence-corrected chi connectivity index (χ1v) is 8.77. The van der Waals surface area contributed by atoms with Gasteiger partial charge >= 0.3 is 0 Å². The van der Waals surface area contributed by atoms with E-state index in [1.807, 2.05) is 0 Å². The van der Waals surface area contributed by atoms with Crippen molar-refractivity contribution in [3.8, 4) is 5.75 Å². The summed E-state index contributed by atoms with van der Waals surface area (Å²) in [6.07, 6.45) is 1.69. The van der Waals surface area contributed by atoms with E-state index >= 15 is 0 Å². The first-order valence-electron chi connectivity index (χ1n) is 8.77. The summed E-state index contributed by atoms with van der Waals surface area (Å²) in [5.41, 5.74) is 4.38. The fourth-order valence-corrected chi connectivity index (χ4v) is 4.97. The number of anilines is 1. The highest BCUT2D eigenvalue weighted by Gasteiger charge is 2.60. The summed E-state index contributed by atoms with van der Waals surface area (Å²) >= 11 is 0. The molecule has 1 saturated heterocycles. The molecule has 3 heteroatoms. The molecule has 0 N–H and O–H groups in total. The summed E-state index contributed by atoms with van der Waals surface area (Å²) in [7, 11) is 6.50. The van der Waals surface area contributed by atoms with Crippen molar-refractivity contribution < 1.29 is 9.22 Å². The second kappa shape index (κ2) is 5.25. The Balaban J connectivity index is 1.83. The van der Waals surface area contributed by atoms with E-state index in [9.17, 15) is 0 Å². The van der Waals surface area contributed by atoms with Crippen molar-refractivity contribution in [1.82, 2.24) is 0 Å². The number of benzene rings is 2. The van der Waals surface area contributed by atoms with E-state index in [4.69, 9.17) is 4.74 Å². The lowest BCUT2D eigenvalue weighted by Crippen LogP contribution is -2.56. The Kier molecular flexibility index (Phi) is 3.40. The second-order valence-corrected chi connectivity index (χ2v) is 8.04. The third kappa shape index (κ3) is 2.15. The van der Waals surface area contributed by atoms with Crippen molar-refractivity contribution in [2.75, 3.05) is 32.6 Å². The third-order valence-electron chi connectivity index (χ3n) is 6.06. The lowest BCUT2D eigenvalue weighted by Gasteiger charge is -2.40. The number of hydrogen-bond acceptors (Lipinski definition) is 2. The van der Waals surface area contributed by atoms with Crippen LogP contribution in [0.25, 0.3) is 0 Å². The van der Waals surface area contributed by atoms with E-state index in [-0.39, 0.29) is 5.41 Å². The molecule has 2 aromatic carbocycles. The quantitative estimate of drug-likeness (QED) is 0.797. The number of fused-ring (bicyclic) bond motifs is 3. The molecular formula is C21H27N2O+. The predicted octanol–water partition coefficient (Wildman–Crippen LogP) is 3.78. The lowest BCUT2D eigenvalue weighted by atomic mass is 9.81. The van der Waals surface area contributed by atoms with E-state index in [0.29, 0.717) is 6.17 Å². The fourth-order valence-electron chi connectivity index (χ4n) is 4.97. The first-order chi connectivity index (χ1) is 11.5. The van der Waals surface area contributed by atoms with Crippen molar-refractivity contribution in [2.24, 2.45) is 0 Å². The zero-order valence-electron chi connectivity index (χ0n) is 15.1. The SMILES string of the molecule is COc1ccc2c(c1)[C@@]1(C)CC[N+](C)(C)C1N2Cc1ccccc1. The summed E-state index contributed by atoms with van der Waals surface area (Å²) in [6.45, 7) is 4.61. The molecule has 0 spiro atoms. The van der Waals surface area contributed by atoms with Gasteiger partial charge in [0.05, 0.1) is 33.2 Å². The first kappa shape index (κ1) is 15.5. The molecule has 0 radical (unpaired) electrons. The molecule has 4 rings (SSSR count). The van der Waals surface area contributed by atoms with Crippen LogP contribution in [-0.2, 0) is 12.0 Å². The number of methoxy groups -OCH3 is 1. The Labute approximate surface area is 145 Å². The van der Waals surface area contributed by atoms with Crippen molar-refractivity contribution >= 4 is 5.69 Å². The number of likely N-dealkylation sites (tertiary alicyclic amines) is 1.